The van der Waals surface area contributed by atoms with E-state index in [9.17, 15) is 14.4 Å². The average molecular weight is 516 g/mol. The molecule has 3 aromatic carbocycles. The normalized spacial score (nSPS) is 17.1. The molecule has 0 aliphatic carbocycles. The Morgan fingerprint density at radius 2 is 1.59 bits per heavy atom. The molecule has 0 spiro atoms. The molecular weight excluding hydrogens is 490 g/mol. The lowest BCUT2D eigenvalue weighted by Gasteiger charge is -2.27. The summed E-state index contributed by atoms with van der Waals surface area (Å²) in [5.41, 5.74) is 3.14. The summed E-state index contributed by atoms with van der Waals surface area (Å²) in [6.07, 6.45) is 0.653. The van der Waals surface area contributed by atoms with Crippen LogP contribution in [0.4, 0.5) is 16.2 Å². The minimum absolute atomic E-state index is 0.131. The van der Waals surface area contributed by atoms with Crippen LogP contribution in [0, 0.1) is 0 Å². The Balaban J connectivity index is 1.50. The second kappa shape index (κ2) is 10.8. The Kier molecular flexibility index (Phi) is 7.18. The Morgan fingerprint density at radius 1 is 0.919 bits per heavy atom. The van der Waals surface area contributed by atoms with Crippen molar-refractivity contribution in [3.8, 4) is 0 Å². The van der Waals surface area contributed by atoms with Crippen molar-refractivity contribution < 1.29 is 14.4 Å². The number of halogens is 1. The first-order valence-electron chi connectivity index (χ1n) is 12.1. The van der Waals surface area contributed by atoms with Crippen molar-refractivity contribution in [1.82, 2.24) is 10.2 Å². The number of benzene rings is 3. The molecular formula is C28H26ClN5O3. The van der Waals surface area contributed by atoms with Crippen LogP contribution in [-0.2, 0) is 9.59 Å². The maximum absolute atomic E-state index is 13.9. The molecule has 0 saturated carbocycles. The van der Waals surface area contributed by atoms with Crippen LogP contribution in [0.25, 0.3) is 0 Å². The van der Waals surface area contributed by atoms with E-state index in [1.165, 1.54) is 4.90 Å². The first-order valence-corrected chi connectivity index (χ1v) is 12.5. The van der Waals surface area contributed by atoms with Crippen molar-refractivity contribution in [3.63, 3.8) is 0 Å². The van der Waals surface area contributed by atoms with E-state index in [1.54, 1.807) is 35.2 Å². The number of hydrogen-bond donors (Lipinski definition) is 2. The number of carbonyl (C=O) groups is 3. The van der Waals surface area contributed by atoms with Crippen LogP contribution < -0.4 is 15.5 Å². The van der Waals surface area contributed by atoms with Gasteiger partial charge in [0.2, 0.25) is 12.1 Å². The molecule has 0 bridgehead atoms. The summed E-state index contributed by atoms with van der Waals surface area (Å²) >= 11 is 5.94. The summed E-state index contributed by atoms with van der Waals surface area (Å²) in [5.74, 6) is -0.620. The van der Waals surface area contributed by atoms with E-state index in [1.807, 2.05) is 48.5 Å². The molecule has 0 aromatic heterocycles. The maximum Gasteiger partial charge on any atom is 0.321 e. The lowest BCUT2D eigenvalue weighted by Crippen LogP contribution is -2.51. The zero-order chi connectivity index (χ0) is 25.8. The van der Waals surface area contributed by atoms with Gasteiger partial charge in [0.25, 0.3) is 5.91 Å². The van der Waals surface area contributed by atoms with Gasteiger partial charge in [-0.1, -0.05) is 60.1 Å². The smallest absolute Gasteiger partial charge is 0.321 e. The van der Waals surface area contributed by atoms with Crippen LogP contribution >= 0.6 is 11.6 Å². The molecule has 2 aliphatic heterocycles. The van der Waals surface area contributed by atoms with Gasteiger partial charge in [-0.15, -0.1) is 0 Å². The van der Waals surface area contributed by atoms with Crippen molar-refractivity contribution in [2.24, 2.45) is 4.99 Å². The zero-order valence-electron chi connectivity index (χ0n) is 20.1. The standard InChI is InChI=1S/C28H26ClN5O3/c29-20-12-14-21(15-13-20)30-28(37)32-26-27(36)34(18-24(35)33-16-6-7-17-33)23-11-5-4-10-22(23)25(31-26)19-8-2-1-3-9-19/h1-5,8-15,26H,6-7,16-18H2,(H2,30,32,37)/t26-/m0/s1. The van der Waals surface area contributed by atoms with Gasteiger partial charge in [0, 0.05) is 34.9 Å². The molecule has 5 rings (SSSR count). The number of anilines is 2. The van der Waals surface area contributed by atoms with Gasteiger partial charge in [-0.3, -0.25) is 14.5 Å². The molecule has 0 radical (unpaired) electrons. The van der Waals surface area contributed by atoms with Gasteiger partial charge in [0.1, 0.15) is 6.54 Å². The predicted octanol–water partition coefficient (Wildman–Crippen LogP) is 4.29. The van der Waals surface area contributed by atoms with E-state index >= 15 is 0 Å². The third kappa shape index (κ3) is 5.49. The number of nitrogens with one attached hydrogen (secondary N) is 2. The fourth-order valence-corrected chi connectivity index (χ4v) is 4.66. The van der Waals surface area contributed by atoms with Crippen molar-refractivity contribution in [2.75, 3.05) is 29.9 Å². The summed E-state index contributed by atoms with van der Waals surface area (Å²) in [6, 6.07) is 22.9. The van der Waals surface area contributed by atoms with E-state index < -0.39 is 18.1 Å². The number of urea groups is 1. The maximum atomic E-state index is 13.9. The van der Waals surface area contributed by atoms with Gasteiger partial charge in [-0.25, -0.2) is 9.79 Å². The molecule has 1 fully saturated rings. The number of likely N-dealkylation sites (tertiary alicyclic amines) is 1. The third-order valence-corrected chi connectivity index (χ3v) is 6.63. The molecule has 3 aromatic rings. The van der Waals surface area contributed by atoms with Crippen LogP contribution in [0.5, 0.6) is 0 Å². The van der Waals surface area contributed by atoms with Crippen LogP contribution in [0.1, 0.15) is 24.0 Å². The highest BCUT2D eigenvalue weighted by atomic mass is 35.5. The number of aliphatic imine (C=N–C) groups is 1. The van der Waals surface area contributed by atoms with E-state index in [0.29, 0.717) is 40.8 Å². The number of nitrogens with zero attached hydrogens (tertiary/aromatic N) is 3. The SMILES string of the molecule is O=C(Nc1ccc(Cl)cc1)N[C@@H]1N=C(c2ccccc2)c2ccccc2N(CC(=O)N2CCCC2)C1=O. The topological polar surface area (TPSA) is 94.1 Å². The molecule has 1 saturated heterocycles. The van der Waals surface area contributed by atoms with Crippen molar-refractivity contribution in [2.45, 2.75) is 19.0 Å². The van der Waals surface area contributed by atoms with Gasteiger partial charge in [0.05, 0.1) is 11.4 Å². The number of hydrogen-bond acceptors (Lipinski definition) is 4. The Bertz CT molecular complexity index is 1340. The number of rotatable bonds is 5. The lowest BCUT2D eigenvalue weighted by molar-refractivity contribution is -0.130. The second-order valence-electron chi connectivity index (χ2n) is 8.88. The molecule has 0 unspecified atom stereocenters. The Labute approximate surface area is 219 Å². The summed E-state index contributed by atoms with van der Waals surface area (Å²) in [4.78, 5) is 47.8. The summed E-state index contributed by atoms with van der Waals surface area (Å²) < 4.78 is 0. The Morgan fingerprint density at radius 3 is 2.32 bits per heavy atom. The van der Waals surface area contributed by atoms with E-state index in [2.05, 4.69) is 10.6 Å². The summed E-state index contributed by atoms with van der Waals surface area (Å²) in [7, 11) is 0. The highest BCUT2D eigenvalue weighted by molar-refractivity contribution is 6.30. The molecule has 2 heterocycles. The van der Waals surface area contributed by atoms with Gasteiger partial charge in [0.15, 0.2) is 0 Å². The van der Waals surface area contributed by atoms with Crippen LogP contribution in [0.15, 0.2) is 83.9 Å². The largest absolute Gasteiger partial charge is 0.341 e. The molecule has 9 heteroatoms. The van der Waals surface area contributed by atoms with Crippen LogP contribution in [0.3, 0.4) is 0 Å². The molecule has 4 amide bonds. The monoisotopic (exact) mass is 515 g/mol. The van der Waals surface area contributed by atoms with E-state index in [4.69, 9.17) is 16.6 Å². The van der Waals surface area contributed by atoms with Crippen molar-refractivity contribution in [3.05, 3.63) is 95.0 Å². The van der Waals surface area contributed by atoms with Crippen molar-refractivity contribution >= 4 is 46.5 Å². The quantitative estimate of drug-likeness (QED) is 0.530. The summed E-state index contributed by atoms with van der Waals surface area (Å²) in [6.45, 7) is 1.23. The molecule has 2 aliphatic rings. The minimum Gasteiger partial charge on any atom is -0.341 e. The number of carbonyl (C=O) groups excluding carboxylic acids is 3. The molecule has 1 atom stereocenters. The average Bonchev–Trinajstić information content (AvgIpc) is 3.43. The first-order chi connectivity index (χ1) is 18.0. The number of benzodiazepines with no additional fused rings is 1. The van der Waals surface area contributed by atoms with Gasteiger partial charge in [-0.2, -0.15) is 0 Å². The van der Waals surface area contributed by atoms with E-state index in [-0.39, 0.29) is 12.5 Å². The number of para-hydroxylation sites is 1. The third-order valence-electron chi connectivity index (χ3n) is 6.38. The predicted molar refractivity (Wildman–Crippen MR) is 144 cm³/mol. The highest BCUT2D eigenvalue weighted by Gasteiger charge is 2.35. The van der Waals surface area contributed by atoms with Gasteiger partial charge < -0.3 is 15.5 Å². The van der Waals surface area contributed by atoms with E-state index in [0.717, 1.165) is 18.4 Å². The lowest BCUT2D eigenvalue weighted by atomic mass is 10.0. The van der Waals surface area contributed by atoms with Gasteiger partial charge in [-0.05, 0) is 43.2 Å². The zero-order valence-corrected chi connectivity index (χ0v) is 20.8. The highest BCUT2D eigenvalue weighted by Crippen LogP contribution is 2.28. The van der Waals surface area contributed by atoms with Crippen molar-refractivity contribution in [1.29, 1.82) is 0 Å². The molecule has 37 heavy (non-hydrogen) atoms. The number of fused-ring (bicyclic) bond motifs is 1. The minimum atomic E-state index is -1.25. The molecule has 188 valence electrons. The molecule has 8 nitrogen and oxygen atoms in total. The Hall–Kier alpha value is -4.17. The van der Waals surface area contributed by atoms with Gasteiger partial charge >= 0.3 is 6.03 Å². The fraction of sp³-hybridized carbons (Fsp3) is 0.214. The van der Waals surface area contributed by atoms with Crippen LogP contribution in [0.2, 0.25) is 5.02 Å². The first kappa shape index (κ1) is 24.5. The molecule has 2 N–H and O–H groups in total. The number of amides is 4. The second-order valence-corrected chi connectivity index (χ2v) is 9.32. The van der Waals surface area contributed by atoms with Crippen LogP contribution in [-0.4, -0.2) is 54.3 Å². The summed E-state index contributed by atoms with van der Waals surface area (Å²) in [5, 5.41) is 5.94. The fourth-order valence-electron chi connectivity index (χ4n) is 4.54.